The highest BCUT2D eigenvalue weighted by Crippen LogP contribution is 2.41. The topological polar surface area (TPSA) is 70.5 Å². The zero-order valence-corrected chi connectivity index (χ0v) is 16.3. The minimum Gasteiger partial charge on any atom is -0.507 e. The molecule has 0 aliphatic carbocycles. The van der Waals surface area contributed by atoms with Crippen LogP contribution < -0.4 is 4.90 Å². The number of aryl methyl sites for hydroxylation is 1. The fourth-order valence-corrected chi connectivity index (χ4v) is 3.55. The van der Waals surface area contributed by atoms with Crippen LogP contribution in [0.3, 0.4) is 0 Å². The number of aliphatic hydroxyl groups is 1. The lowest BCUT2D eigenvalue weighted by molar-refractivity contribution is -0.132. The Labute approximate surface area is 172 Å². The highest BCUT2D eigenvalue weighted by molar-refractivity contribution is 6.51. The lowest BCUT2D eigenvalue weighted by Gasteiger charge is -2.25. The number of hydrogen-bond donors (Lipinski definition) is 1. The van der Waals surface area contributed by atoms with E-state index in [1.54, 1.807) is 42.6 Å². The number of carbonyl (C=O) groups is 2. The molecule has 1 unspecified atom stereocenters. The van der Waals surface area contributed by atoms with Gasteiger partial charge in [0.05, 0.1) is 23.5 Å². The quantitative estimate of drug-likeness (QED) is 0.391. The zero-order chi connectivity index (χ0) is 20.5. The molecule has 0 saturated carbocycles. The molecule has 0 radical (unpaired) electrons. The van der Waals surface area contributed by atoms with E-state index in [1.165, 1.54) is 11.1 Å². The van der Waals surface area contributed by atoms with E-state index in [2.05, 4.69) is 4.98 Å². The van der Waals surface area contributed by atoms with E-state index >= 15 is 0 Å². The van der Waals surface area contributed by atoms with Crippen LogP contribution in [0.15, 0.2) is 78.6 Å². The van der Waals surface area contributed by atoms with Crippen LogP contribution in [0.25, 0.3) is 5.76 Å². The average molecular weight is 405 g/mol. The van der Waals surface area contributed by atoms with Crippen molar-refractivity contribution in [3.8, 4) is 0 Å². The number of carbonyl (C=O) groups excluding carboxylic acids is 2. The van der Waals surface area contributed by atoms with Crippen molar-refractivity contribution in [3.05, 3.63) is 100 Å². The second-order valence-corrected chi connectivity index (χ2v) is 7.23. The molecule has 1 N–H and O–H groups in total. The SMILES string of the molecule is Cc1ccc(C2/C(=C(/O)c3ccc(Cl)cc3)C(=O)C(=O)N2c2cccnc2)cc1. The highest BCUT2D eigenvalue weighted by atomic mass is 35.5. The van der Waals surface area contributed by atoms with E-state index < -0.39 is 17.7 Å². The van der Waals surface area contributed by atoms with E-state index in [9.17, 15) is 14.7 Å². The molecule has 2 aromatic carbocycles. The molecule has 0 bridgehead atoms. The standard InChI is InChI=1S/C23H17ClN2O3/c1-14-4-6-15(7-5-14)20-19(21(27)16-8-10-17(24)11-9-16)22(28)23(29)26(20)18-3-2-12-25-13-18/h2-13,20,27H,1H3/b21-19-. The summed E-state index contributed by atoms with van der Waals surface area (Å²) in [5.74, 6) is -1.69. The van der Waals surface area contributed by atoms with Gasteiger partial charge in [0.25, 0.3) is 11.7 Å². The maximum Gasteiger partial charge on any atom is 0.300 e. The predicted molar refractivity (Wildman–Crippen MR) is 112 cm³/mol. The monoisotopic (exact) mass is 404 g/mol. The Kier molecular flexibility index (Phi) is 4.91. The molecular weight excluding hydrogens is 388 g/mol. The molecule has 6 heteroatoms. The van der Waals surface area contributed by atoms with Gasteiger partial charge in [-0.05, 0) is 48.9 Å². The summed E-state index contributed by atoms with van der Waals surface area (Å²) in [6.45, 7) is 1.95. The average Bonchev–Trinajstić information content (AvgIpc) is 3.00. The van der Waals surface area contributed by atoms with Crippen molar-refractivity contribution in [3.63, 3.8) is 0 Å². The Bertz CT molecular complexity index is 1110. The molecule has 3 aromatic rings. The van der Waals surface area contributed by atoms with E-state index in [-0.39, 0.29) is 11.3 Å². The van der Waals surface area contributed by atoms with Crippen LogP contribution in [0, 0.1) is 6.92 Å². The number of hydrogen-bond acceptors (Lipinski definition) is 4. The van der Waals surface area contributed by atoms with Crippen LogP contribution in [0.4, 0.5) is 5.69 Å². The van der Waals surface area contributed by atoms with Gasteiger partial charge in [0.15, 0.2) is 0 Å². The Morgan fingerprint density at radius 2 is 1.72 bits per heavy atom. The van der Waals surface area contributed by atoms with Gasteiger partial charge < -0.3 is 5.11 Å². The molecule has 1 aromatic heterocycles. The Morgan fingerprint density at radius 1 is 1.03 bits per heavy atom. The van der Waals surface area contributed by atoms with Gasteiger partial charge in [-0.1, -0.05) is 41.4 Å². The maximum absolute atomic E-state index is 13.0. The molecule has 144 valence electrons. The summed E-state index contributed by atoms with van der Waals surface area (Å²) in [6.07, 6.45) is 3.11. The minimum atomic E-state index is -0.768. The van der Waals surface area contributed by atoms with Crippen LogP contribution in [-0.4, -0.2) is 21.8 Å². The second kappa shape index (κ2) is 7.53. The zero-order valence-electron chi connectivity index (χ0n) is 15.5. The second-order valence-electron chi connectivity index (χ2n) is 6.80. The third-order valence-corrected chi connectivity index (χ3v) is 5.13. The number of ketones is 1. The largest absolute Gasteiger partial charge is 0.507 e. The van der Waals surface area contributed by atoms with Gasteiger partial charge in [-0.25, -0.2) is 0 Å². The van der Waals surface area contributed by atoms with Crippen molar-refractivity contribution in [2.45, 2.75) is 13.0 Å². The van der Waals surface area contributed by atoms with Gasteiger partial charge in [0.1, 0.15) is 5.76 Å². The van der Waals surface area contributed by atoms with Crippen LogP contribution in [-0.2, 0) is 9.59 Å². The first-order valence-electron chi connectivity index (χ1n) is 9.01. The van der Waals surface area contributed by atoms with Crippen molar-refractivity contribution in [1.29, 1.82) is 0 Å². The maximum atomic E-state index is 13.0. The fourth-order valence-electron chi connectivity index (χ4n) is 3.42. The van der Waals surface area contributed by atoms with E-state index in [1.807, 2.05) is 31.2 Å². The van der Waals surface area contributed by atoms with Gasteiger partial charge in [-0.2, -0.15) is 0 Å². The van der Waals surface area contributed by atoms with Gasteiger partial charge in [0.2, 0.25) is 0 Å². The summed E-state index contributed by atoms with van der Waals surface area (Å²) in [4.78, 5) is 31.4. The number of halogens is 1. The Balaban J connectivity index is 1.94. The summed E-state index contributed by atoms with van der Waals surface area (Å²) in [7, 11) is 0. The summed E-state index contributed by atoms with van der Waals surface area (Å²) in [5, 5.41) is 11.5. The van der Waals surface area contributed by atoms with E-state index in [0.29, 0.717) is 21.8 Å². The number of Topliss-reactive ketones (excluding diaryl/α,β-unsaturated/α-hetero) is 1. The number of nitrogens with zero attached hydrogens (tertiary/aromatic N) is 2. The van der Waals surface area contributed by atoms with Gasteiger partial charge in [-0.3, -0.25) is 19.5 Å². The number of anilines is 1. The number of amides is 1. The minimum absolute atomic E-state index is 0.0324. The molecule has 29 heavy (non-hydrogen) atoms. The first-order chi connectivity index (χ1) is 14.0. The molecule has 1 atom stereocenters. The highest BCUT2D eigenvalue weighted by Gasteiger charge is 2.47. The summed E-state index contributed by atoms with van der Waals surface area (Å²) in [6, 6.07) is 16.6. The molecular formula is C23H17ClN2O3. The number of pyridine rings is 1. The van der Waals surface area contributed by atoms with Crippen molar-refractivity contribution in [2.24, 2.45) is 0 Å². The van der Waals surface area contributed by atoms with Crippen molar-refractivity contribution >= 4 is 34.7 Å². The number of aromatic nitrogens is 1. The van der Waals surface area contributed by atoms with Crippen molar-refractivity contribution < 1.29 is 14.7 Å². The van der Waals surface area contributed by atoms with Crippen molar-refractivity contribution in [1.82, 2.24) is 4.98 Å². The molecule has 2 heterocycles. The fraction of sp³-hybridized carbons (Fsp3) is 0.0870. The summed E-state index contributed by atoms with van der Waals surface area (Å²) < 4.78 is 0. The van der Waals surface area contributed by atoms with E-state index in [4.69, 9.17) is 11.6 Å². The molecule has 1 amide bonds. The first kappa shape index (κ1) is 18.9. The molecule has 1 aliphatic heterocycles. The van der Waals surface area contributed by atoms with Gasteiger partial charge in [0, 0.05) is 16.8 Å². The molecule has 1 fully saturated rings. The van der Waals surface area contributed by atoms with Crippen LogP contribution in [0.2, 0.25) is 5.02 Å². The lowest BCUT2D eigenvalue weighted by atomic mass is 9.94. The lowest BCUT2D eigenvalue weighted by Crippen LogP contribution is -2.29. The number of aliphatic hydroxyl groups excluding tert-OH is 1. The summed E-state index contributed by atoms with van der Waals surface area (Å²) in [5.41, 5.74) is 2.69. The smallest absolute Gasteiger partial charge is 0.300 e. The van der Waals surface area contributed by atoms with Gasteiger partial charge in [-0.15, -0.1) is 0 Å². The van der Waals surface area contributed by atoms with Gasteiger partial charge >= 0.3 is 0 Å². The first-order valence-corrected chi connectivity index (χ1v) is 9.38. The van der Waals surface area contributed by atoms with Crippen LogP contribution in [0.5, 0.6) is 0 Å². The predicted octanol–water partition coefficient (Wildman–Crippen LogP) is 4.67. The normalized spacial score (nSPS) is 18.3. The molecule has 5 nitrogen and oxygen atoms in total. The third kappa shape index (κ3) is 3.41. The van der Waals surface area contributed by atoms with Crippen molar-refractivity contribution in [2.75, 3.05) is 4.90 Å². The van der Waals surface area contributed by atoms with Crippen LogP contribution >= 0.6 is 11.6 Å². The number of benzene rings is 2. The summed E-state index contributed by atoms with van der Waals surface area (Å²) >= 11 is 5.94. The number of rotatable bonds is 3. The Hall–Kier alpha value is -3.44. The third-order valence-electron chi connectivity index (χ3n) is 4.88. The van der Waals surface area contributed by atoms with Crippen LogP contribution in [0.1, 0.15) is 22.7 Å². The molecule has 1 saturated heterocycles. The molecule has 0 spiro atoms. The molecule has 4 rings (SSSR count). The molecule has 1 aliphatic rings. The van der Waals surface area contributed by atoms with E-state index in [0.717, 1.165) is 5.56 Å². The Morgan fingerprint density at radius 3 is 2.34 bits per heavy atom.